The number of rotatable bonds is 5. The van der Waals surface area contributed by atoms with Gasteiger partial charge >= 0.3 is 6.09 Å². The number of hydrogen-bond acceptors (Lipinski definition) is 6. The lowest BCUT2D eigenvalue weighted by Gasteiger charge is -2.34. The Labute approximate surface area is 246 Å². The summed E-state index contributed by atoms with van der Waals surface area (Å²) < 4.78 is 34.2. The van der Waals surface area contributed by atoms with Gasteiger partial charge in [0.15, 0.2) is 0 Å². The van der Waals surface area contributed by atoms with E-state index in [2.05, 4.69) is 31.2 Å². The Morgan fingerprint density at radius 2 is 1.61 bits per heavy atom. The number of H-pyrrole nitrogens is 1. The lowest BCUT2D eigenvalue weighted by atomic mass is 10.1. The molecule has 1 fully saturated rings. The molecule has 12 heteroatoms. The number of piperazine rings is 1. The number of amides is 2. The monoisotopic (exact) mass is 639 g/mol. The van der Waals surface area contributed by atoms with Crippen LogP contribution in [0.1, 0.15) is 31.1 Å². The summed E-state index contributed by atoms with van der Waals surface area (Å²) in [6.45, 7) is 6.34. The summed E-state index contributed by atoms with van der Waals surface area (Å²) in [6.07, 6.45) is 0.968. The molecule has 0 aliphatic carbocycles. The van der Waals surface area contributed by atoms with E-state index in [0.717, 1.165) is 20.8 Å². The molecule has 1 aromatic heterocycles. The van der Waals surface area contributed by atoms with Crippen molar-refractivity contribution < 1.29 is 22.7 Å². The molecule has 214 valence electrons. The van der Waals surface area contributed by atoms with E-state index in [4.69, 9.17) is 4.74 Å². The third kappa shape index (κ3) is 6.61. The zero-order valence-electron chi connectivity index (χ0n) is 22.8. The van der Waals surface area contributed by atoms with Crippen molar-refractivity contribution in [3.63, 3.8) is 0 Å². The highest BCUT2D eigenvalue weighted by molar-refractivity contribution is 9.10. The average molecular weight is 641 g/mol. The lowest BCUT2D eigenvalue weighted by Crippen LogP contribution is -2.50. The first kappa shape index (κ1) is 28.8. The molecular weight excluding hydrogens is 610 g/mol. The van der Waals surface area contributed by atoms with E-state index in [1.165, 1.54) is 4.31 Å². The van der Waals surface area contributed by atoms with Crippen molar-refractivity contribution in [3.8, 4) is 11.3 Å². The van der Waals surface area contributed by atoms with Crippen LogP contribution in [0.5, 0.6) is 0 Å². The SMILES string of the molecule is CC(C)(C)OC(=O)Nc1ncc(-c2ccc(C(=O)N3CCN(S(=O)(=O)c4ccc5cc(Br)ccc5c4)CC3)cc2)[nH]1. The summed E-state index contributed by atoms with van der Waals surface area (Å²) in [5.41, 5.74) is 1.32. The summed E-state index contributed by atoms with van der Waals surface area (Å²) in [5.74, 6) is 0.0840. The minimum Gasteiger partial charge on any atom is -0.444 e. The predicted molar refractivity (Wildman–Crippen MR) is 160 cm³/mol. The highest BCUT2D eigenvalue weighted by Crippen LogP contribution is 2.26. The maximum Gasteiger partial charge on any atom is 0.414 e. The molecule has 3 aromatic carbocycles. The summed E-state index contributed by atoms with van der Waals surface area (Å²) >= 11 is 3.44. The van der Waals surface area contributed by atoms with Crippen molar-refractivity contribution in [3.05, 3.63) is 76.9 Å². The van der Waals surface area contributed by atoms with E-state index in [9.17, 15) is 18.0 Å². The minimum atomic E-state index is -3.69. The Kier molecular flexibility index (Phi) is 7.91. The molecule has 2 heterocycles. The van der Waals surface area contributed by atoms with Gasteiger partial charge in [0.25, 0.3) is 5.91 Å². The van der Waals surface area contributed by atoms with Gasteiger partial charge in [-0.15, -0.1) is 0 Å². The van der Waals surface area contributed by atoms with Crippen LogP contribution in [0, 0.1) is 0 Å². The molecule has 2 amide bonds. The first-order valence-corrected chi connectivity index (χ1v) is 15.3. The number of hydrogen-bond donors (Lipinski definition) is 2. The number of imidazole rings is 1. The van der Waals surface area contributed by atoms with Crippen molar-refractivity contribution in [2.75, 3.05) is 31.5 Å². The van der Waals surface area contributed by atoms with Crippen LogP contribution in [0.3, 0.4) is 0 Å². The number of halogens is 1. The van der Waals surface area contributed by atoms with Crippen LogP contribution in [0.4, 0.5) is 10.7 Å². The van der Waals surface area contributed by atoms with Crippen LogP contribution in [0.25, 0.3) is 22.0 Å². The van der Waals surface area contributed by atoms with Gasteiger partial charge < -0.3 is 14.6 Å². The van der Waals surface area contributed by atoms with Crippen molar-refractivity contribution in [2.45, 2.75) is 31.3 Å². The molecule has 1 aliphatic heterocycles. The molecule has 0 atom stereocenters. The van der Waals surface area contributed by atoms with E-state index in [1.807, 2.05) is 18.2 Å². The van der Waals surface area contributed by atoms with E-state index >= 15 is 0 Å². The maximum absolute atomic E-state index is 13.3. The number of ether oxygens (including phenoxy) is 1. The number of benzene rings is 3. The number of aromatic nitrogens is 2. The molecule has 41 heavy (non-hydrogen) atoms. The van der Waals surface area contributed by atoms with Crippen LogP contribution in [-0.2, 0) is 14.8 Å². The second-order valence-corrected chi connectivity index (χ2v) is 13.6. The smallest absolute Gasteiger partial charge is 0.414 e. The molecule has 1 aliphatic rings. The van der Waals surface area contributed by atoms with Gasteiger partial charge in [0.05, 0.1) is 16.8 Å². The number of aromatic amines is 1. The molecule has 0 bridgehead atoms. The standard InChI is InChI=1S/C29H30BrN5O5S/c1-29(2,3)40-28(37)33-27-31-18-25(32-27)19-4-6-20(7-5-19)26(36)34-12-14-35(15-13-34)41(38,39)24-11-9-21-16-23(30)10-8-22(21)17-24/h4-11,16-18H,12-15H2,1-3H3,(H2,31,32,33,37). The van der Waals surface area contributed by atoms with Crippen molar-refractivity contribution in [1.82, 2.24) is 19.2 Å². The number of nitrogens with zero attached hydrogens (tertiary/aromatic N) is 3. The van der Waals surface area contributed by atoms with Crippen LogP contribution in [-0.4, -0.2) is 71.4 Å². The fourth-order valence-electron chi connectivity index (χ4n) is 4.54. The summed E-state index contributed by atoms with van der Waals surface area (Å²) in [4.78, 5) is 34.2. The maximum atomic E-state index is 13.3. The third-order valence-corrected chi connectivity index (χ3v) is 8.96. The molecule has 5 rings (SSSR count). The topological polar surface area (TPSA) is 125 Å². The van der Waals surface area contributed by atoms with Gasteiger partial charge in [0, 0.05) is 36.2 Å². The third-order valence-electron chi connectivity index (χ3n) is 6.58. The Balaban J connectivity index is 1.20. The van der Waals surface area contributed by atoms with Crippen molar-refractivity contribution in [1.29, 1.82) is 0 Å². The summed E-state index contributed by atoms with van der Waals surface area (Å²) in [5, 5.41) is 4.35. The highest BCUT2D eigenvalue weighted by atomic mass is 79.9. The fourth-order valence-corrected chi connectivity index (χ4v) is 6.38. The van der Waals surface area contributed by atoms with Gasteiger partial charge in [-0.1, -0.05) is 40.2 Å². The van der Waals surface area contributed by atoms with Gasteiger partial charge in [-0.2, -0.15) is 4.31 Å². The molecule has 4 aromatic rings. The second kappa shape index (κ2) is 11.3. The molecule has 0 unspecified atom stereocenters. The van der Waals surface area contributed by atoms with Crippen LogP contribution >= 0.6 is 15.9 Å². The second-order valence-electron chi connectivity index (χ2n) is 10.7. The molecule has 0 radical (unpaired) electrons. The Hall–Kier alpha value is -3.74. The van der Waals surface area contributed by atoms with Crippen molar-refractivity contribution >= 4 is 54.7 Å². The molecule has 0 spiro atoms. The number of sulfonamides is 1. The Morgan fingerprint density at radius 1 is 0.951 bits per heavy atom. The number of carbonyl (C=O) groups excluding carboxylic acids is 2. The zero-order chi connectivity index (χ0) is 29.4. The quantitative estimate of drug-likeness (QED) is 0.298. The predicted octanol–water partition coefficient (Wildman–Crippen LogP) is 5.49. The molecule has 2 N–H and O–H groups in total. The number of fused-ring (bicyclic) bond motifs is 1. The minimum absolute atomic E-state index is 0.165. The van der Waals surface area contributed by atoms with Crippen LogP contribution < -0.4 is 5.32 Å². The number of nitrogens with one attached hydrogen (secondary N) is 2. The summed E-state index contributed by atoms with van der Waals surface area (Å²) in [6, 6.07) is 17.8. The van der Waals surface area contributed by atoms with E-state index in [1.54, 1.807) is 74.3 Å². The molecule has 1 saturated heterocycles. The van der Waals surface area contributed by atoms with E-state index in [0.29, 0.717) is 24.3 Å². The van der Waals surface area contributed by atoms with Crippen LogP contribution in [0.15, 0.2) is 76.2 Å². The number of anilines is 1. The molecule has 0 saturated carbocycles. The van der Waals surface area contributed by atoms with Gasteiger partial charge in [-0.05, 0) is 73.5 Å². The van der Waals surface area contributed by atoms with Crippen molar-refractivity contribution in [2.24, 2.45) is 0 Å². The molecule has 10 nitrogen and oxygen atoms in total. The average Bonchev–Trinajstić information content (AvgIpc) is 3.39. The van der Waals surface area contributed by atoms with Gasteiger partial charge in [-0.25, -0.2) is 18.2 Å². The van der Waals surface area contributed by atoms with Crippen LogP contribution in [0.2, 0.25) is 0 Å². The zero-order valence-corrected chi connectivity index (χ0v) is 25.3. The molecular formula is C29H30BrN5O5S. The van der Waals surface area contributed by atoms with Gasteiger partial charge in [-0.3, -0.25) is 10.1 Å². The fraction of sp³-hybridized carbons (Fsp3) is 0.276. The van der Waals surface area contributed by atoms with E-state index < -0.39 is 21.7 Å². The first-order valence-electron chi connectivity index (χ1n) is 13.0. The largest absolute Gasteiger partial charge is 0.444 e. The van der Waals surface area contributed by atoms with E-state index in [-0.39, 0.29) is 29.8 Å². The van der Waals surface area contributed by atoms with Gasteiger partial charge in [0.1, 0.15) is 5.60 Å². The number of carbonyl (C=O) groups is 2. The summed E-state index contributed by atoms with van der Waals surface area (Å²) in [7, 11) is -3.69. The highest BCUT2D eigenvalue weighted by Gasteiger charge is 2.30. The lowest BCUT2D eigenvalue weighted by molar-refractivity contribution is 0.0633. The van der Waals surface area contributed by atoms with Gasteiger partial charge in [0.2, 0.25) is 16.0 Å². The Morgan fingerprint density at radius 3 is 2.29 bits per heavy atom. The normalized spacial score (nSPS) is 14.7. The first-order chi connectivity index (χ1) is 19.4. The Bertz CT molecular complexity index is 1710.